The van der Waals surface area contributed by atoms with Gasteiger partial charge in [0.05, 0.1) is 12.2 Å². The number of nitrogens with zero attached hydrogens (tertiary/aromatic N) is 4. The Morgan fingerprint density at radius 1 is 1.03 bits per heavy atom. The highest BCUT2D eigenvalue weighted by atomic mass is 32.1. The van der Waals surface area contributed by atoms with Gasteiger partial charge in [-0.1, -0.05) is 30.3 Å². The summed E-state index contributed by atoms with van der Waals surface area (Å²) in [5.41, 5.74) is 2.75. The fourth-order valence-electron chi connectivity index (χ4n) is 4.59. The van der Waals surface area contributed by atoms with Crippen molar-refractivity contribution in [1.82, 2.24) is 19.7 Å². The lowest BCUT2D eigenvalue weighted by Crippen LogP contribution is -2.69. The molecule has 3 aromatic rings. The van der Waals surface area contributed by atoms with Crippen LogP contribution < -0.4 is 0 Å². The molecule has 2 fully saturated rings. The Balaban J connectivity index is 1.25. The maximum Gasteiger partial charge on any atom is 0.247 e. The van der Waals surface area contributed by atoms with Gasteiger partial charge in [-0.15, -0.1) is 11.3 Å². The largest absolute Gasteiger partial charge is 0.332 e. The predicted molar refractivity (Wildman–Crippen MR) is 125 cm³/mol. The SMILES string of the molecule is CN1C(=O)[C@H]2CN(Cc3nc(-c4ccc(F)cc4)cs3)CCN2C(=O)[C@@H]1Cc1ccccc1. The highest BCUT2D eigenvalue weighted by molar-refractivity contribution is 7.09. The molecule has 2 saturated heterocycles. The van der Waals surface area contributed by atoms with E-state index in [0.717, 1.165) is 21.8 Å². The van der Waals surface area contributed by atoms with Crippen molar-refractivity contribution in [2.45, 2.75) is 25.0 Å². The van der Waals surface area contributed by atoms with Gasteiger partial charge in [0, 0.05) is 44.0 Å². The van der Waals surface area contributed by atoms with Crippen LogP contribution in [0.25, 0.3) is 11.3 Å². The van der Waals surface area contributed by atoms with Gasteiger partial charge in [-0.3, -0.25) is 14.5 Å². The molecule has 2 aliphatic rings. The molecule has 8 heteroatoms. The van der Waals surface area contributed by atoms with Crippen LogP contribution in [0.15, 0.2) is 60.0 Å². The number of carbonyl (C=O) groups excluding carboxylic acids is 2. The van der Waals surface area contributed by atoms with E-state index in [1.165, 1.54) is 12.1 Å². The molecule has 0 spiro atoms. The topological polar surface area (TPSA) is 56.8 Å². The number of amides is 2. The van der Waals surface area contributed by atoms with Crippen LogP contribution in [0.1, 0.15) is 10.6 Å². The van der Waals surface area contributed by atoms with Gasteiger partial charge < -0.3 is 9.80 Å². The Kier molecular flexibility index (Phi) is 5.95. The summed E-state index contributed by atoms with van der Waals surface area (Å²) < 4.78 is 13.2. The number of rotatable bonds is 5. The number of aromatic nitrogens is 1. The summed E-state index contributed by atoms with van der Waals surface area (Å²) in [5.74, 6) is -0.250. The number of carbonyl (C=O) groups is 2. The molecule has 0 N–H and O–H groups in total. The maximum absolute atomic E-state index is 13.2. The van der Waals surface area contributed by atoms with Crippen LogP contribution in [-0.4, -0.2) is 70.3 Å². The molecule has 0 aliphatic carbocycles. The molecule has 2 amide bonds. The van der Waals surface area contributed by atoms with Gasteiger partial charge in [0.2, 0.25) is 11.8 Å². The lowest BCUT2D eigenvalue weighted by molar-refractivity contribution is -0.164. The molecule has 6 nitrogen and oxygen atoms in total. The minimum Gasteiger partial charge on any atom is -0.332 e. The van der Waals surface area contributed by atoms with Crippen molar-refractivity contribution in [3.63, 3.8) is 0 Å². The van der Waals surface area contributed by atoms with Gasteiger partial charge in [0.1, 0.15) is 22.9 Å². The van der Waals surface area contributed by atoms with Crippen LogP contribution in [0, 0.1) is 5.82 Å². The molecule has 5 rings (SSSR count). The van der Waals surface area contributed by atoms with Crippen LogP contribution in [0.3, 0.4) is 0 Å². The number of halogens is 1. The van der Waals surface area contributed by atoms with Crippen molar-refractivity contribution in [2.75, 3.05) is 26.7 Å². The first-order chi connectivity index (χ1) is 16.0. The summed E-state index contributed by atoms with van der Waals surface area (Å²) in [6.07, 6.45) is 0.528. The molecule has 2 aliphatic heterocycles. The highest BCUT2D eigenvalue weighted by Gasteiger charge is 2.46. The molecule has 33 heavy (non-hydrogen) atoms. The first-order valence-corrected chi connectivity index (χ1v) is 11.9. The molecule has 170 valence electrons. The normalized spacial score (nSPS) is 21.4. The van der Waals surface area contributed by atoms with Crippen molar-refractivity contribution in [1.29, 1.82) is 0 Å². The maximum atomic E-state index is 13.2. The Bertz CT molecular complexity index is 1150. The van der Waals surface area contributed by atoms with Crippen molar-refractivity contribution in [3.05, 3.63) is 76.4 Å². The van der Waals surface area contributed by atoms with Gasteiger partial charge >= 0.3 is 0 Å². The summed E-state index contributed by atoms with van der Waals surface area (Å²) in [6, 6.07) is 15.2. The van der Waals surface area contributed by atoms with Gasteiger partial charge in [-0.2, -0.15) is 0 Å². The molecular weight excluding hydrogens is 439 g/mol. The quantitative estimate of drug-likeness (QED) is 0.583. The first kappa shape index (κ1) is 21.7. The number of piperazine rings is 2. The summed E-state index contributed by atoms with van der Waals surface area (Å²) >= 11 is 1.55. The third kappa shape index (κ3) is 4.41. The molecular formula is C25H25FN4O2S. The number of likely N-dealkylation sites (N-methyl/N-ethyl adjacent to an activating group) is 1. The molecule has 2 atom stereocenters. The fraction of sp³-hybridized carbons (Fsp3) is 0.320. The second kappa shape index (κ2) is 9.03. The summed E-state index contributed by atoms with van der Waals surface area (Å²) in [5, 5.41) is 2.91. The Labute approximate surface area is 196 Å². The zero-order chi connectivity index (χ0) is 22.9. The smallest absolute Gasteiger partial charge is 0.247 e. The van der Waals surface area contributed by atoms with Crippen molar-refractivity contribution >= 4 is 23.2 Å². The summed E-state index contributed by atoms with van der Waals surface area (Å²) in [4.78, 5) is 36.7. The Morgan fingerprint density at radius 2 is 1.79 bits per heavy atom. The van der Waals surface area contributed by atoms with Crippen LogP contribution in [0.4, 0.5) is 4.39 Å². The standard InChI is InChI=1S/C25H25FN4O2S/c1-28-21(13-17-5-3-2-4-6-17)25(32)30-12-11-29(14-22(30)24(28)31)15-23-27-20(16-33-23)18-7-9-19(26)10-8-18/h2-10,16,21-22H,11-15H2,1H3/t21-,22+/m0/s1. The van der Waals surface area contributed by atoms with E-state index in [0.29, 0.717) is 32.6 Å². The average Bonchev–Trinajstić information content (AvgIpc) is 3.30. The van der Waals surface area contributed by atoms with E-state index in [2.05, 4.69) is 4.90 Å². The minimum absolute atomic E-state index is 0.00799. The number of hydrogen-bond donors (Lipinski definition) is 0. The molecule has 0 radical (unpaired) electrons. The third-order valence-electron chi connectivity index (χ3n) is 6.46. The zero-order valence-electron chi connectivity index (χ0n) is 18.4. The Morgan fingerprint density at radius 3 is 2.55 bits per heavy atom. The molecule has 0 unspecified atom stereocenters. The average molecular weight is 465 g/mol. The molecule has 0 saturated carbocycles. The van der Waals surface area contributed by atoms with E-state index in [1.807, 2.05) is 35.7 Å². The van der Waals surface area contributed by atoms with Crippen LogP contribution >= 0.6 is 11.3 Å². The van der Waals surface area contributed by atoms with E-state index >= 15 is 0 Å². The monoisotopic (exact) mass is 464 g/mol. The van der Waals surface area contributed by atoms with Crippen molar-refractivity contribution in [2.24, 2.45) is 0 Å². The van der Waals surface area contributed by atoms with Crippen LogP contribution in [0.5, 0.6) is 0 Å². The fourth-order valence-corrected chi connectivity index (χ4v) is 5.44. The molecule has 2 aromatic carbocycles. The summed E-state index contributed by atoms with van der Waals surface area (Å²) in [6.45, 7) is 2.35. The van der Waals surface area contributed by atoms with E-state index in [-0.39, 0.29) is 17.6 Å². The van der Waals surface area contributed by atoms with Gasteiger partial charge in [-0.05, 0) is 29.8 Å². The van der Waals surface area contributed by atoms with Crippen molar-refractivity contribution in [3.8, 4) is 11.3 Å². The van der Waals surface area contributed by atoms with Gasteiger partial charge in [-0.25, -0.2) is 9.37 Å². The van der Waals surface area contributed by atoms with Crippen LogP contribution in [0.2, 0.25) is 0 Å². The Hall–Kier alpha value is -3.10. The molecule has 0 bridgehead atoms. The van der Waals surface area contributed by atoms with E-state index < -0.39 is 12.1 Å². The number of thiazole rings is 1. The second-order valence-electron chi connectivity index (χ2n) is 8.57. The van der Waals surface area contributed by atoms with Crippen molar-refractivity contribution < 1.29 is 14.0 Å². The number of hydrogen-bond acceptors (Lipinski definition) is 5. The third-order valence-corrected chi connectivity index (χ3v) is 7.29. The van der Waals surface area contributed by atoms with Gasteiger partial charge in [0.15, 0.2) is 0 Å². The highest BCUT2D eigenvalue weighted by Crippen LogP contribution is 2.26. The summed E-state index contributed by atoms with van der Waals surface area (Å²) in [7, 11) is 1.74. The molecule has 1 aromatic heterocycles. The van der Waals surface area contributed by atoms with E-state index in [4.69, 9.17) is 4.98 Å². The molecule has 3 heterocycles. The lowest BCUT2D eigenvalue weighted by Gasteiger charge is -2.48. The zero-order valence-corrected chi connectivity index (χ0v) is 19.2. The predicted octanol–water partition coefficient (Wildman–Crippen LogP) is 3.05. The van der Waals surface area contributed by atoms with E-state index in [1.54, 1.807) is 40.3 Å². The van der Waals surface area contributed by atoms with E-state index in [9.17, 15) is 14.0 Å². The lowest BCUT2D eigenvalue weighted by atomic mass is 9.97. The first-order valence-electron chi connectivity index (χ1n) is 11.0. The number of fused-ring (bicyclic) bond motifs is 1. The van der Waals surface area contributed by atoms with Crippen LogP contribution in [-0.2, 0) is 22.6 Å². The number of benzene rings is 2. The van der Waals surface area contributed by atoms with Gasteiger partial charge in [0.25, 0.3) is 0 Å². The second-order valence-corrected chi connectivity index (χ2v) is 9.51. The minimum atomic E-state index is -0.459.